The first-order valence-corrected chi connectivity index (χ1v) is 13.5. The first-order chi connectivity index (χ1) is 18.9. The highest BCUT2D eigenvalue weighted by Crippen LogP contribution is 2.38. The van der Waals surface area contributed by atoms with E-state index in [1.807, 2.05) is 31.0 Å². The number of ether oxygens (including phenoxy) is 1. The van der Waals surface area contributed by atoms with Gasteiger partial charge in [0, 0.05) is 36.6 Å². The highest BCUT2D eigenvalue weighted by atomic mass is 19.3. The summed E-state index contributed by atoms with van der Waals surface area (Å²) in [4.78, 5) is 21.5. The average molecular weight is 535 g/mol. The maximum atomic E-state index is 13.1. The summed E-state index contributed by atoms with van der Waals surface area (Å²) in [7, 11) is 0. The number of halogens is 2. The lowest BCUT2D eigenvalue weighted by atomic mass is 9.94. The standard InChI is InChI=1S/C29H30F2N4O2.C2H6/c1-3-20(2)26-12-15-33-19-27(26)35(23-8-10-25(11-9-23)37-29(30)31)24-13-16-34(17-14-24)28(36)22-6-4-21(18-32)5-7-22;1-2/h4-12,15,19-20,24,29H,3,13-14,16-17H2,1-2H3;1-2H3. The van der Waals surface area contributed by atoms with Gasteiger partial charge < -0.3 is 14.5 Å². The van der Waals surface area contributed by atoms with Crippen LogP contribution in [0.5, 0.6) is 5.75 Å². The predicted octanol–water partition coefficient (Wildman–Crippen LogP) is 7.54. The molecule has 6 nitrogen and oxygen atoms in total. The van der Waals surface area contributed by atoms with E-state index in [1.165, 1.54) is 5.56 Å². The average Bonchev–Trinajstić information content (AvgIpc) is 2.99. The first kappa shape index (κ1) is 29.6. The fourth-order valence-electron chi connectivity index (χ4n) is 4.77. The molecule has 2 heterocycles. The third-order valence-corrected chi connectivity index (χ3v) is 6.95. The zero-order chi connectivity index (χ0) is 28.4. The molecule has 1 amide bonds. The van der Waals surface area contributed by atoms with E-state index in [0.29, 0.717) is 30.1 Å². The zero-order valence-corrected chi connectivity index (χ0v) is 23.0. The van der Waals surface area contributed by atoms with Crippen LogP contribution in [0.25, 0.3) is 0 Å². The van der Waals surface area contributed by atoms with Gasteiger partial charge in [-0.3, -0.25) is 9.78 Å². The zero-order valence-electron chi connectivity index (χ0n) is 23.0. The van der Waals surface area contributed by atoms with Crippen LogP contribution in [0.15, 0.2) is 67.0 Å². The van der Waals surface area contributed by atoms with Crippen molar-refractivity contribution in [1.82, 2.24) is 9.88 Å². The second-order valence-corrected chi connectivity index (χ2v) is 9.20. The Labute approximate surface area is 229 Å². The van der Waals surface area contributed by atoms with E-state index >= 15 is 0 Å². The van der Waals surface area contributed by atoms with E-state index < -0.39 is 6.61 Å². The van der Waals surface area contributed by atoms with Crippen LogP contribution in [0, 0.1) is 11.3 Å². The molecule has 4 rings (SSSR count). The van der Waals surface area contributed by atoms with Crippen molar-refractivity contribution in [3.05, 3.63) is 83.7 Å². The minimum Gasteiger partial charge on any atom is -0.435 e. The van der Waals surface area contributed by atoms with Crippen molar-refractivity contribution in [2.45, 2.75) is 65.5 Å². The number of nitriles is 1. The van der Waals surface area contributed by atoms with Crippen LogP contribution in [0.2, 0.25) is 0 Å². The molecular weight excluding hydrogens is 498 g/mol. The number of anilines is 2. The van der Waals surface area contributed by atoms with Gasteiger partial charge in [-0.1, -0.05) is 27.7 Å². The van der Waals surface area contributed by atoms with E-state index in [9.17, 15) is 13.6 Å². The summed E-state index contributed by atoms with van der Waals surface area (Å²) in [5.74, 6) is 0.361. The van der Waals surface area contributed by atoms with E-state index in [2.05, 4.69) is 34.5 Å². The van der Waals surface area contributed by atoms with Crippen LogP contribution >= 0.6 is 0 Å². The topological polar surface area (TPSA) is 69.5 Å². The molecule has 2 aromatic carbocycles. The second-order valence-electron chi connectivity index (χ2n) is 9.20. The second kappa shape index (κ2) is 14.2. The molecule has 0 spiro atoms. The third-order valence-electron chi connectivity index (χ3n) is 6.95. The van der Waals surface area contributed by atoms with Gasteiger partial charge in [0.15, 0.2) is 0 Å². The Balaban J connectivity index is 0.00000205. The van der Waals surface area contributed by atoms with Crippen molar-refractivity contribution < 1.29 is 18.3 Å². The van der Waals surface area contributed by atoms with Gasteiger partial charge in [-0.2, -0.15) is 14.0 Å². The fraction of sp³-hybridized carbons (Fsp3) is 0.387. The van der Waals surface area contributed by atoms with E-state index in [0.717, 1.165) is 30.6 Å². The number of piperidine rings is 1. The van der Waals surface area contributed by atoms with E-state index in [4.69, 9.17) is 5.26 Å². The Hall–Kier alpha value is -3.99. The molecular formula is C31H36F2N4O2. The van der Waals surface area contributed by atoms with Crippen LogP contribution in [0.1, 0.15) is 74.4 Å². The number of alkyl halides is 2. The maximum absolute atomic E-state index is 13.1. The number of carbonyl (C=O) groups is 1. The summed E-state index contributed by atoms with van der Waals surface area (Å²) >= 11 is 0. The lowest BCUT2D eigenvalue weighted by Gasteiger charge is -2.41. The normalized spacial score (nSPS) is 14.2. The monoisotopic (exact) mass is 534 g/mol. The van der Waals surface area contributed by atoms with E-state index in [1.54, 1.807) is 54.7 Å². The molecule has 39 heavy (non-hydrogen) atoms. The lowest BCUT2D eigenvalue weighted by Crippen LogP contribution is -2.45. The van der Waals surface area contributed by atoms with Gasteiger partial charge in [0.2, 0.25) is 0 Å². The number of aromatic nitrogens is 1. The molecule has 0 N–H and O–H groups in total. The van der Waals surface area contributed by atoms with E-state index in [-0.39, 0.29) is 17.7 Å². The number of hydrogen-bond acceptors (Lipinski definition) is 5. The minimum atomic E-state index is -2.88. The quantitative estimate of drug-likeness (QED) is 0.299. The Kier molecular flexibility index (Phi) is 10.8. The summed E-state index contributed by atoms with van der Waals surface area (Å²) < 4.78 is 29.9. The van der Waals surface area contributed by atoms with Gasteiger partial charge in [-0.15, -0.1) is 0 Å². The van der Waals surface area contributed by atoms with Crippen molar-refractivity contribution in [1.29, 1.82) is 5.26 Å². The Morgan fingerprint density at radius 1 is 1.10 bits per heavy atom. The van der Waals surface area contributed by atoms with Gasteiger partial charge in [-0.25, -0.2) is 0 Å². The number of carbonyl (C=O) groups excluding carboxylic acids is 1. The summed E-state index contributed by atoms with van der Waals surface area (Å²) in [6.07, 6.45) is 6.07. The Bertz CT molecular complexity index is 1230. The molecule has 1 fully saturated rings. The number of rotatable bonds is 8. The van der Waals surface area contributed by atoms with Crippen molar-refractivity contribution in [2.75, 3.05) is 18.0 Å². The summed E-state index contributed by atoms with van der Waals surface area (Å²) in [5, 5.41) is 9.01. The van der Waals surface area contributed by atoms with Gasteiger partial charge >= 0.3 is 6.61 Å². The van der Waals surface area contributed by atoms with Gasteiger partial charge in [0.25, 0.3) is 5.91 Å². The van der Waals surface area contributed by atoms with Crippen LogP contribution in [0.4, 0.5) is 20.2 Å². The molecule has 0 radical (unpaired) electrons. The molecule has 0 saturated carbocycles. The fourth-order valence-corrected chi connectivity index (χ4v) is 4.77. The SMILES string of the molecule is CC.CCC(C)c1ccncc1N(c1ccc(OC(F)F)cc1)C1CCN(C(=O)c2ccc(C#N)cc2)CC1. The van der Waals surface area contributed by atoms with Crippen LogP contribution in [-0.4, -0.2) is 41.5 Å². The number of pyridine rings is 1. The maximum Gasteiger partial charge on any atom is 0.387 e. The lowest BCUT2D eigenvalue weighted by molar-refractivity contribution is -0.0498. The highest BCUT2D eigenvalue weighted by Gasteiger charge is 2.30. The van der Waals surface area contributed by atoms with Gasteiger partial charge in [-0.05, 0) is 85.3 Å². The summed E-state index contributed by atoms with van der Waals surface area (Å²) in [5.41, 5.74) is 4.09. The molecule has 1 saturated heterocycles. The number of hydrogen-bond donors (Lipinski definition) is 0. The molecule has 206 valence electrons. The summed E-state index contributed by atoms with van der Waals surface area (Å²) in [6.45, 7) is 6.59. The van der Waals surface area contributed by atoms with Crippen LogP contribution in [0.3, 0.4) is 0 Å². The highest BCUT2D eigenvalue weighted by molar-refractivity contribution is 5.94. The van der Waals surface area contributed by atoms with Gasteiger partial charge in [0.05, 0.1) is 23.5 Å². The van der Waals surface area contributed by atoms with Crippen molar-refractivity contribution in [3.8, 4) is 11.8 Å². The largest absolute Gasteiger partial charge is 0.435 e. The molecule has 1 aliphatic rings. The number of benzene rings is 2. The molecule has 1 aromatic heterocycles. The molecule has 8 heteroatoms. The smallest absolute Gasteiger partial charge is 0.387 e. The first-order valence-electron chi connectivity index (χ1n) is 13.5. The predicted molar refractivity (Wildman–Crippen MR) is 150 cm³/mol. The number of likely N-dealkylation sites (tertiary alicyclic amines) is 1. The van der Waals surface area contributed by atoms with Crippen molar-refractivity contribution in [3.63, 3.8) is 0 Å². The molecule has 0 bridgehead atoms. The third kappa shape index (κ3) is 7.32. The molecule has 1 unspecified atom stereocenters. The van der Waals surface area contributed by atoms with Crippen LogP contribution in [-0.2, 0) is 0 Å². The Morgan fingerprint density at radius 3 is 2.31 bits per heavy atom. The minimum absolute atomic E-state index is 0.0512. The molecule has 1 atom stereocenters. The van der Waals surface area contributed by atoms with Gasteiger partial charge in [0.1, 0.15) is 5.75 Å². The summed E-state index contributed by atoms with van der Waals surface area (Å²) in [6, 6.07) is 17.6. The molecule has 3 aromatic rings. The molecule has 1 aliphatic heterocycles. The molecule has 0 aliphatic carbocycles. The number of amides is 1. The number of nitrogens with zero attached hydrogens (tertiary/aromatic N) is 4. The van der Waals surface area contributed by atoms with Crippen molar-refractivity contribution in [2.24, 2.45) is 0 Å². The van der Waals surface area contributed by atoms with Crippen molar-refractivity contribution >= 4 is 17.3 Å². The van der Waals surface area contributed by atoms with Crippen LogP contribution < -0.4 is 9.64 Å². The Morgan fingerprint density at radius 2 is 1.74 bits per heavy atom.